The number of hydrogen-bond donors (Lipinski definition) is 2. The largest absolute Gasteiger partial charge is 0.464 e. The van der Waals surface area contributed by atoms with Crippen molar-refractivity contribution in [1.82, 2.24) is 10.0 Å². The van der Waals surface area contributed by atoms with Gasteiger partial charge in [-0.2, -0.15) is 0 Å². The van der Waals surface area contributed by atoms with Crippen LogP contribution in [0.4, 0.5) is 0 Å². The molecule has 1 aromatic rings. The summed E-state index contributed by atoms with van der Waals surface area (Å²) in [5.41, 5.74) is 0. The van der Waals surface area contributed by atoms with Gasteiger partial charge in [-0.1, -0.05) is 6.92 Å². The lowest BCUT2D eigenvalue weighted by molar-refractivity contribution is 0.456. The molecule has 1 heterocycles. The lowest BCUT2D eigenvalue weighted by Gasteiger charge is -2.10. The van der Waals surface area contributed by atoms with E-state index in [0.717, 1.165) is 6.42 Å². The van der Waals surface area contributed by atoms with Gasteiger partial charge in [-0.3, -0.25) is 0 Å². The normalized spacial score (nSPS) is 17.6. The topological polar surface area (TPSA) is 71.3 Å². The third-order valence-corrected chi connectivity index (χ3v) is 5.02. The first-order valence-corrected chi connectivity index (χ1v) is 8.25. The second-order valence-electron chi connectivity index (χ2n) is 5.22. The summed E-state index contributed by atoms with van der Waals surface area (Å²) in [4.78, 5) is 0.250. The molecular formula is C13H22N2O3S. The molecule has 19 heavy (non-hydrogen) atoms. The van der Waals surface area contributed by atoms with Gasteiger partial charge in [-0.25, -0.2) is 13.1 Å². The average molecular weight is 286 g/mol. The molecule has 1 fully saturated rings. The monoisotopic (exact) mass is 286 g/mol. The van der Waals surface area contributed by atoms with Gasteiger partial charge in [0.2, 0.25) is 10.0 Å². The van der Waals surface area contributed by atoms with Crippen LogP contribution in [0.1, 0.15) is 44.6 Å². The Morgan fingerprint density at radius 3 is 2.74 bits per heavy atom. The molecule has 5 nitrogen and oxygen atoms in total. The molecule has 0 spiro atoms. The summed E-state index contributed by atoms with van der Waals surface area (Å²) in [5.74, 6) is 1.12. The highest BCUT2D eigenvalue weighted by molar-refractivity contribution is 7.89. The first kappa shape index (κ1) is 14.6. The van der Waals surface area contributed by atoms with Gasteiger partial charge in [-0.15, -0.1) is 0 Å². The van der Waals surface area contributed by atoms with Gasteiger partial charge in [0, 0.05) is 18.2 Å². The molecule has 1 aliphatic carbocycles. The van der Waals surface area contributed by atoms with Crippen molar-refractivity contribution in [2.45, 2.75) is 63.6 Å². The van der Waals surface area contributed by atoms with Crippen molar-refractivity contribution in [2.75, 3.05) is 0 Å². The van der Waals surface area contributed by atoms with Crippen molar-refractivity contribution in [2.24, 2.45) is 0 Å². The van der Waals surface area contributed by atoms with Crippen LogP contribution in [-0.2, 0) is 16.6 Å². The standard InChI is InChI=1S/C13H22N2O3S/c1-4-9(2)15-19(16,17)13-7-12(18-10(13)3)8-14-11-5-6-11/h7,9,11,14-15H,4-6,8H2,1-3H3. The fourth-order valence-electron chi connectivity index (χ4n) is 1.82. The van der Waals surface area contributed by atoms with Crippen LogP contribution < -0.4 is 10.0 Å². The molecule has 0 radical (unpaired) electrons. The van der Waals surface area contributed by atoms with Crippen LogP contribution in [0, 0.1) is 6.92 Å². The highest BCUT2D eigenvalue weighted by Crippen LogP contribution is 2.23. The van der Waals surface area contributed by atoms with Crippen LogP contribution >= 0.6 is 0 Å². The average Bonchev–Trinajstić information content (AvgIpc) is 3.08. The molecule has 2 rings (SSSR count). The fraction of sp³-hybridized carbons (Fsp3) is 0.692. The van der Waals surface area contributed by atoms with E-state index < -0.39 is 10.0 Å². The second kappa shape index (κ2) is 5.64. The molecule has 0 saturated heterocycles. The number of aryl methyl sites for hydroxylation is 1. The maximum atomic E-state index is 12.2. The Bertz CT molecular complexity index is 532. The smallest absolute Gasteiger partial charge is 0.244 e. The van der Waals surface area contributed by atoms with E-state index in [1.54, 1.807) is 13.0 Å². The third kappa shape index (κ3) is 3.81. The predicted octanol–water partition coefficient (Wildman–Crippen LogP) is 1.92. The molecule has 0 aromatic carbocycles. The maximum absolute atomic E-state index is 12.2. The Balaban J connectivity index is 2.09. The van der Waals surface area contributed by atoms with Crippen molar-refractivity contribution < 1.29 is 12.8 Å². The van der Waals surface area contributed by atoms with Gasteiger partial charge in [0.1, 0.15) is 16.4 Å². The number of nitrogens with one attached hydrogen (secondary N) is 2. The number of rotatable bonds is 7. The molecule has 0 aliphatic heterocycles. The van der Waals surface area contributed by atoms with E-state index in [9.17, 15) is 8.42 Å². The molecule has 1 aliphatic rings. The fourth-order valence-corrected chi connectivity index (χ4v) is 3.35. The molecule has 108 valence electrons. The highest BCUT2D eigenvalue weighted by atomic mass is 32.2. The van der Waals surface area contributed by atoms with Crippen LogP contribution in [0.2, 0.25) is 0 Å². The molecule has 1 saturated carbocycles. The molecule has 0 amide bonds. The van der Waals surface area contributed by atoms with Crippen LogP contribution in [-0.4, -0.2) is 20.5 Å². The minimum Gasteiger partial charge on any atom is -0.464 e. The van der Waals surface area contributed by atoms with Crippen molar-refractivity contribution in [3.63, 3.8) is 0 Å². The molecule has 1 atom stereocenters. The summed E-state index contributed by atoms with van der Waals surface area (Å²) in [6, 6.07) is 2.12. The van der Waals surface area contributed by atoms with E-state index in [-0.39, 0.29) is 10.9 Å². The second-order valence-corrected chi connectivity index (χ2v) is 6.90. The number of sulfonamides is 1. The Morgan fingerprint density at radius 2 is 2.16 bits per heavy atom. The van der Waals surface area contributed by atoms with E-state index in [0.29, 0.717) is 24.1 Å². The van der Waals surface area contributed by atoms with Crippen LogP contribution in [0.3, 0.4) is 0 Å². The van der Waals surface area contributed by atoms with E-state index in [1.807, 2.05) is 13.8 Å². The lowest BCUT2D eigenvalue weighted by atomic mass is 10.3. The lowest BCUT2D eigenvalue weighted by Crippen LogP contribution is -2.32. The zero-order valence-electron chi connectivity index (χ0n) is 11.7. The minimum atomic E-state index is -3.48. The molecule has 6 heteroatoms. The molecule has 1 aromatic heterocycles. The summed E-state index contributed by atoms with van der Waals surface area (Å²) < 4.78 is 32.5. The van der Waals surface area contributed by atoms with Crippen LogP contribution in [0.15, 0.2) is 15.4 Å². The number of furan rings is 1. The van der Waals surface area contributed by atoms with E-state index in [1.165, 1.54) is 12.8 Å². The predicted molar refractivity (Wildman–Crippen MR) is 73.4 cm³/mol. The summed E-state index contributed by atoms with van der Waals surface area (Å²) in [6.45, 7) is 6.07. The first-order chi connectivity index (χ1) is 8.92. The molecule has 1 unspecified atom stereocenters. The summed E-state index contributed by atoms with van der Waals surface area (Å²) in [6.07, 6.45) is 3.15. The quantitative estimate of drug-likeness (QED) is 0.803. The zero-order valence-corrected chi connectivity index (χ0v) is 12.5. The van der Waals surface area contributed by atoms with Crippen molar-refractivity contribution in [3.8, 4) is 0 Å². The molecule has 0 bridgehead atoms. The Hall–Kier alpha value is -0.850. The number of hydrogen-bond acceptors (Lipinski definition) is 4. The van der Waals surface area contributed by atoms with E-state index >= 15 is 0 Å². The van der Waals surface area contributed by atoms with Gasteiger partial charge in [0.05, 0.1) is 6.54 Å². The molecular weight excluding hydrogens is 264 g/mol. The summed E-state index contributed by atoms with van der Waals surface area (Å²) in [5, 5.41) is 3.31. The van der Waals surface area contributed by atoms with Crippen molar-refractivity contribution >= 4 is 10.0 Å². The first-order valence-electron chi connectivity index (χ1n) is 6.77. The third-order valence-electron chi connectivity index (χ3n) is 3.32. The SMILES string of the molecule is CCC(C)NS(=O)(=O)c1cc(CNC2CC2)oc1C. The summed E-state index contributed by atoms with van der Waals surface area (Å²) >= 11 is 0. The van der Waals surface area contributed by atoms with Gasteiger partial charge in [0.15, 0.2) is 0 Å². The molecule has 2 N–H and O–H groups in total. The summed E-state index contributed by atoms with van der Waals surface area (Å²) in [7, 11) is -3.48. The zero-order chi connectivity index (χ0) is 14.0. The Labute approximate surface area is 114 Å². The highest BCUT2D eigenvalue weighted by Gasteiger charge is 2.24. The van der Waals surface area contributed by atoms with E-state index in [4.69, 9.17) is 4.42 Å². The van der Waals surface area contributed by atoms with Crippen molar-refractivity contribution in [3.05, 3.63) is 17.6 Å². The van der Waals surface area contributed by atoms with Gasteiger partial charge < -0.3 is 9.73 Å². The van der Waals surface area contributed by atoms with Crippen LogP contribution in [0.5, 0.6) is 0 Å². The van der Waals surface area contributed by atoms with Crippen LogP contribution in [0.25, 0.3) is 0 Å². The van der Waals surface area contributed by atoms with Gasteiger partial charge >= 0.3 is 0 Å². The van der Waals surface area contributed by atoms with Gasteiger partial charge in [-0.05, 0) is 33.1 Å². The Morgan fingerprint density at radius 1 is 1.47 bits per heavy atom. The van der Waals surface area contributed by atoms with Crippen molar-refractivity contribution in [1.29, 1.82) is 0 Å². The van der Waals surface area contributed by atoms with E-state index in [2.05, 4.69) is 10.0 Å². The van der Waals surface area contributed by atoms with Gasteiger partial charge in [0.25, 0.3) is 0 Å². The Kier molecular flexibility index (Phi) is 4.32. The maximum Gasteiger partial charge on any atom is 0.244 e. The minimum absolute atomic E-state index is 0.0765.